The van der Waals surface area contributed by atoms with Gasteiger partial charge in [0.05, 0.1) is 18.8 Å². The van der Waals surface area contributed by atoms with Crippen molar-refractivity contribution in [3.8, 4) is 0 Å². The summed E-state index contributed by atoms with van der Waals surface area (Å²) in [4.78, 5) is 12.6. The average Bonchev–Trinajstić information content (AvgIpc) is 3.28. The molecule has 1 amide bonds. The van der Waals surface area contributed by atoms with Gasteiger partial charge in [-0.05, 0) is 38.5 Å². The summed E-state index contributed by atoms with van der Waals surface area (Å²) in [5.41, 5.74) is 0. The Balaban J connectivity index is 3.61. The highest BCUT2D eigenvalue weighted by Gasteiger charge is 2.28. The van der Waals surface area contributed by atoms with Crippen LogP contribution in [0.5, 0.6) is 0 Å². The Morgan fingerprint density at radius 3 is 0.935 bits per heavy atom. The van der Waals surface area contributed by atoms with Crippen LogP contribution in [-0.4, -0.2) is 57.3 Å². The predicted molar refractivity (Wildman–Crippen MR) is 270 cm³/mol. The van der Waals surface area contributed by atoms with Gasteiger partial charge >= 0.3 is 0 Å². The van der Waals surface area contributed by atoms with Crippen LogP contribution in [-0.2, 0) is 4.79 Å². The first-order chi connectivity index (χ1) is 30.5. The molecule has 0 fully saturated rings. The van der Waals surface area contributed by atoms with Crippen LogP contribution in [0.3, 0.4) is 0 Å². The molecule has 0 aromatic heterocycles. The number of amides is 1. The number of rotatable bonds is 52. The number of unbranched alkanes of at least 4 members (excludes halogenated alkanes) is 41. The molecular formula is C56H111NO5. The molecule has 4 unspecified atom stereocenters. The second kappa shape index (κ2) is 51.0. The molecule has 0 bridgehead atoms. The number of aliphatic hydroxyl groups excluding tert-OH is 4. The highest BCUT2D eigenvalue weighted by molar-refractivity contribution is 5.80. The SMILES string of the molecule is CCCCCCCCCCCC/C=C\CCCCCCCCC(O)C(=O)NC(CO)C(O)C(O)CCCCCCCCCCCCCCCCCCCCCCCCCCCC. The van der Waals surface area contributed by atoms with Crippen molar-refractivity contribution in [2.24, 2.45) is 0 Å². The molecule has 6 heteroatoms. The van der Waals surface area contributed by atoms with Gasteiger partial charge in [0, 0.05) is 0 Å². The van der Waals surface area contributed by atoms with Crippen LogP contribution >= 0.6 is 0 Å². The first-order valence-corrected chi connectivity index (χ1v) is 28.1. The van der Waals surface area contributed by atoms with Gasteiger partial charge in [-0.2, -0.15) is 0 Å². The molecule has 62 heavy (non-hydrogen) atoms. The van der Waals surface area contributed by atoms with Gasteiger partial charge in [-0.1, -0.05) is 283 Å². The van der Waals surface area contributed by atoms with Crippen molar-refractivity contribution < 1.29 is 25.2 Å². The number of carbonyl (C=O) groups is 1. The number of allylic oxidation sites excluding steroid dienone is 2. The Bertz CT molecular complexity index is 898. The fourth-order valence-electron chi connectivity index (χ4n) is 9.05. The number of nitrogens with one attached hydrogen (secondary N) is 1. The topological polar surface area (TPSA) is 110 Å². The molecule has 0 aromatic rings. The molecule has 0 rings (SSSR count). The molecule has 0 radical (unpaired) electrons. The summed E-state index contributed by atoms with van der Waals surface area (Å²) in [6, 6.07) is -0.986. The maximum absolute atomic E-state index is 12.6. The van der Waals surface area contributed by atoms with Crippen molar-refractivity contribution >= 4 is 5.91 Å². The zero-order valence-corrected chi connectivity index (χ0v) is 41.9. The van der Waals surface area contributed by atoms with Crippen molar-refractivity contribution in [1.82, 2.24) is 5.32 Å². The Kier molecular flexibility index (Phi) is 50.3. The van der Waals surface area contributed by atoms with E-state index in [0.29, 0.717) is 12.8 Å². The van der Waals surface area contributed by atoms with E-state index in [4.69, 9.17) is 0 Å². The Morgan fingerprint density at radius 2 is 0.645 bits per heavy atom. The van der Waals surface area contributed by atoms with Crippen molar-refractivity contribution in [3.05, 3.63) is 12.2 Å². The smallest absolute Gasteiger partial charge is 0.249 e. The molecule has 0 saturated carbocycles. The zero-order valence-electron chi connectivity index (χ0n) is 41.9. The molecule has 0 heterocycles. The van der Waals surface area contributed by atoms with E-state index in [9.17, 15) is 25.2 Å². The van der Waals surface area contributed by atoms with Gasteiger partial charge in [-0.25, -0.2) is 0 Å². The van der Waals surface area contributed by atoms with E-state index in [0.717, 1.165) is 44.9 Å². The van der Waals surface area contributed by atoms with Crippen LogP contribution in [0.15, 0.2) is 12.2 Å². The van der Waals surface area contributed by atoms with E-state index in [-0.39, 0.29) is 0 Å². The van der Waals surface area contributed by atoms with E-state index < -0.39 is 36.9 Å². The van der Waals surface area contributed by atoms with Gasteiger partial charge in [-0.15, -0.1) is 0 Å². The maximum atomic E-state index is 12.6. The Hall–Kier alpha value is -0.950. The number of aliphatic hydroxyl groups is 4. The standard InChI is InChI=1S/C56H111NO5/c1-3-5-7-9-11-13-15-17-19-21-23-25-26-27-28-29-30-32-33-35-37-39-41-43-45-47-49-53(59)55(61)52(51-58)57-56(62)54(60)50-48-46-44-42-40-38-36-34-31-24-22-20-18-16-14-12-10-8-6-4-2/h31,34,52-55,58-61H,3-30,32-33,35-51H2,1-2H3,(H,57,62)/b34-31-. The molecule has 6 nitrogen and oxygen atoms in total. The molecule has 370 valence electrons. The maximum Gasteiger partial charge on any atom is 0.249 e. The third kappa shape index (κ3) is 44.3. The van der Waals surface area contributed by atoms with Crippen LogP contribution in [0.2, 0.25) is 0 Å². The van der Waals surface area contributed by atoms with Crippen molar-refractivity contribution in [2.45, 2.75) is 334 Å². The van der Waals surface area contributed by atoms with Gasteiger partial charge in [0.2, 0.25) is 5.91 Å². The van der Waals surface area contributed by atoms with Gasteiger partial charge in [0.1, 0.15) is 12.2 Å². The highest BCUT2D eigenvalue weighted by Crippen LogP contribution is 2.18. The minimum atomic E-state index is -1.26. The van der Waals surface area contributed by atoms with Crippen molar-refractivity contribution in [1.29, 1.82) is 0 Å². The van der Waals surface area contributed by atoms with Gasteiger partial charge in [-0.3, -0.25) is 4.79 Å². The molecule has 0 aliphatic rings. The molecule has 0 aromatic carbocycles. The second-order valence-electron chi connectivity index (χ2n) is 19.6. The first kappa shape index (κ1) is 61.0. The lowest BCUT2D eigenvalue weighted by molar-refractivity contribution is -0.132. The summed E-state index contributed by atoms with van der Waals surface area (Å²) < 4.78 is 0. The summed E-state index contributed by atoms with van der Waals surface area (Å²) in [5, 5.41) is 44.0. The summed E-state index contributed by atoms with van der Waals surface area (Å²) in [7, 11) is 0. The third-order valence-corrected chi connectivity index (χ3v) is 13.5. The van der Waals surface area contributed by atoms with E-state index in [1.807, 2.05) is 0 Å². The van der Waals surface area contributed by atoms with Crippen LogP contribution in [0.4, 0.5) is 0 Å². The number of carbonyl (C=O) groups excluding carboxylic acids is 1. The van der Waals surface area contributed by atoms with Crippen molar-refractivity contribution in [2.75, 3.05) is 6.61 Å². The molecule has 0 spiro atoms. The molecule has 0 aliphatic carbocycles. The molecular weight excluding hydrogens is 767 g/mol. The quantitative estimate of drug-likeness (QED) is 0.0309. The molecule has 0 saturated heterocycles. The molecule has 5 N–H and O–H groups in total. The number of hydrogen-bond donors (Lipinski definition) is 5. The molecule has 4 atom stereocenters. The summed E-state index contributed by atoms with van der Waals surface area (Å²) >= 11 is 0. The lowest BCUT2D eigenvalue weighted by atomic mass is 9.99. The fraction of sp³-hybridized carbons (Fsp3) is 0.946. The van der Waals surface area contributed by atoms with E-state index >= 15 is 0 Å². The van der Waals surface area contributed by atoms with Gasteiger partial charge < -0.3 is 25.7 Å². The zero-order chi connectivity index (χ0) is 45.2. The summed E-state index contributed by atoms with van der Waals surface area (Å²) in [6.45, 7) is 4.09. The summed E-state index contributed by atoms with van der Waals surface area (Å²) in [5.74, 6) is -0.583. The fourth-order valence-corrected chi connectivity index (χ4v) is 9.05. The highest BCUT2D eigenvalue weighted by atomic mass is 16.3. The van der Waals surface area contributed by atoms with Crippen LogP contribution in [0.25, 0.3) is 0 Å². The predicted octanol–water partition coefficient (Wildman–Crippen LogP) is 16.1. The third-order valence-electron chi connectivity index (χ3n) is 13.5. The number of hydrogen-bond acceptors (Lipinski definition) is 5. The molecule has 0 aliphatic heterocycles. The van der Waals surface area contributed by atoms with E-state index in [2.05, 4.69) is 31.3 Å². The lowest BCUT2D eigenvalue weighted by Gasteiger charge is -2.27. The minimum absolute atomic E-state index is 0.365. The van der Waals surface area contributed by atoms with Gasteiger partial charge in [0.15, 0.2) is 0 Å². The van der Waals surface area contributed by atoms with Crippen LogP contribution in [0, 0.1) is 0 Å². The first-order valence-electron chi connectivity index (χ1n) is 28.1. The largest absolute Gasteiger partial charge is 0.394 e. The Morgan fingerprint density at radius 1 is 0.387 bits per heavy atom. The van der Waals surface area contributed by atoms with Crippen molar-refractivity contribution in [3.63, 3.8) is 0 Å². The average molecular weight is 879 g/mol. The van der Waals surface area contributed by atoms with E-state index in [1.165, 1.54) is 238 Å². The van der Waals surface area contributed by atoms with Crippen LogP contribution in [0.1, 0.15) is 309 Å². The van der Waals surface area contributed by atoms with Gasteiger partial charge in [0.25, 0.3) is 0 Å². The lowest BCUT2D eigenvalue weighted by Crippen LogP contribution is -2.53. The Labute approximate surface area is 387 Å². The monoisotopic (exact) mass is 878 g/mol. The minimum Gasteiger partial charge on any atom is -0.394 e. The normalized spacial score (nSPS) is 13.8. The second-order valence-corrected chi connectivity index (χ2v) is 19.6. The summed E-state index contributed by atoms with van der Waals surface area (Å²) in [6.07, 6.45) is 59.9. The van der Waals surface area contributed by atoms with Crippen LogP contribution < -0.4 is 5.32 Å². The van der Waals surface area contributed by atoms with E-state index in [1.54, 1.807) is 0 Å².